The molecule has 4 nitrogen and oxygen atoms in total. The quantitative estimate of drug-likeness (QED) is 0.729. The number of anilines is 1. The van der Waals surface area contributed by atoms with E-state index in [0.29, 0.717) is 5.82 Å². The maximum atomic E-state index is 5.73. The Hall–Kier alpha value is -1.29. The molecule has 1 atom stereocenters. The molecule has 0 bridgehead atoms. The van der Waals surface area contributed by atoms with Crippen molar-refractivity contribution in [2.75, 3.05) is 18.8 Å². The van der Waals surface area contributed by atoms with Gasteiger partial charge in [0.05, 0.1) is 6.20 Å². The molecule has 1 aromatic heterocycles. The number of nitrogens with two attached hydrogens (primary N) is 1. The van der Waals surface area contributed by atoms with Gasteiger partial charge in [-0.05, 0) is 31.5 Å². The van der Waals surface area contributed by atoms with E-state index >= 15 is 0 Å². The second-order valence-electron chi connectivity index (χ2n) is 3.50. The highest BCUT2D eigenvalue weighted by Gasteiger charge is 2.13. The molecule has 76 valence electrons. The van der Waals surface area contributed by atoms with Crippen LogP contribution in [0.5, 0.6) is 5.75 Å². The van der Waals surface area contributed by atoms with Crippen molar-refractivity contribution in [3.05, 3.63) is 18.3 Å². The summed E-state index contributed by atoms with van der Waals surface area (Å²) >= 11 is 0. The average Bonchev–Trinajstić information content (AvgIpc) is 2.23. The van der Waals surface area contributed by atoms with E-state index in [1.165, 1.54) is 6.42 Å². The predicted octanol–water partition coefficient (Wildman–Crippen LogP) is 0.795. The van der Waals surface area contributed by atoms with Gasteiger partial charge in [0, 0.05) is 6.54 Å². The van der Waals surface area contributed by atoms with E-state index in [9.17, 15) is 0 Å². The van der Waals surface area contributed by atoms with E-state index in [1.807, 2.05) is 6.07 Å². The zero-order valence-electron chi connectivity index (χ0n) is 8.07. The SMILES string of the molecule is Nc1ccc(O[C@@H]2CCCNC2)cn1. The molecule has 4 heteroatoms. The smallest absolute Gasteiger partial charge is 0.138 e. The van der Waals surface area contributed by atoms with Gasteiger partial charge in [-0.2, -0.15) is 0 Å². The Morgan fingerprint density at radius 2 is 2.43 bits per heavy atom. The normalized spacial score (nSPS) is 21.9. The van der Waals surface area contributed by atoms with Crippen LogP contribution in [0.3, 0.4) is 0 Å². The summed E-state index contributed by atoms with van der Waals surface area (Å²) < 4.78 is 5.73. The number of ether oxygens (including phenoxy) is 1. The summed E-state index contributed by atoms with van der Waals surface area (Å²) in [4.78, 5) is 3.98. The summed E-state index contributed by atoms with van der Waals surface area (Å²) in [6.07, 6.45) is 4.23. The molecule has 1 aliphatic heterocycles. The monoisotopic (exact) mass is 193 g/mol. The van der Waals surface area contributed by atoms with Crippen LogP contribution in [-0.2, 0) is 0 Å². The topological polar surface area (TPSA) is 60.2 Å². The molecule has 0 unspecified atom stereocenters. The van der Waals surface area contributed by atoms with Crippen LogP contribution in [0.15, 0.2) is 18.3 Å². The first-order chi connectivity index (χ1) is 6.84. The molecule has 3 N–H and O–H groups in total. The Kier molecular flexibility index (Phi) is 2.84. The highest BCUT2D eigenvalue weighted by Crippen LogP contribution is 2.15. The van der Waals surface area contributed by atoms with Crippen LogP contribution in [0.25, 0.3) is 0 Å². The summed E-state index contributed by atoms with van der Waals surface area (Å²) in [5, 5.41) is 3.30. The van der Waals surface area contributed by atoms with Gasteiger partial charge in [-0.3, -0.25) is 0 Å². The van der Waals surface area contributed by atoms with Crippen molar-refractivity contribution in [2.24, 2.45) is 0 Å². The van der Waals surface area contributed by atoms with E-state index in [4.69, 9.17) is 10.5 Å². The van der Waals surface area contributed by atoms with Crippen molar-refractivity contribution < 1.29 is 4.74 Å². The van der Waals surface area contributed by atoms with Crippen molar-refractivity contribution in [1.29, 1.82) is 0 Å². The van der Waals surface area contributed by atoms with Gasteiger partial charge in [0.1, 0.15) is 17.7 Å². The number of hydrogen-bond donors (Lipinski definition) is 2. The Morgan fingerprint density at radius 3 is 3.07 bits per heavy atom. The molecule has 2 heterocycles. The Morgan fingerprint density at radius 1 is 1.50 bits per heavy atom. The van der Waals surface area contributed by atoms with Gasteiger partial charge in [0.2, 0.25) is 0 Å². The minimum absolute atomic E-state index is 0.272. The number of nitrogen functional groups attached to an aromatic ring is 1. The largest absolute Gasteiger partial charge is 0.487 e. The van der Waals surface area contributed by atoms with Gasteiger partial charge in [-0.15, -0.1) is 0 Å². The van der Waals surface area contributed by atoms with Gasteiger partial charge >= 0.3 is 0 Å². The molecule has 0 aromatic carbocycles. The van der Waals surface area contributed by atoms with Crippen molar-refractivity contribution in [3.63, 3.8) is 0 Å². The van der Waals surface area contributed by atoms with Crippen LogP contribution in [0.2, 0.25) is 0 Å². The fourth-order valence-electron chi connectivity index (χ4n) is 1.57. The Bertz CT molecular complexity index is 280. The Labute approximate surface area is 83.5 Å². The number of pyridine rings is 1. The van der Waals surface area contributed by atoms with Crippen molar-refractivity contribution in [1.82, 2.24) is 10.3 Å². The molecule has 14 heavy (non-hydrogen) atoms. The second-order valence-corrected chi connectivity index (χ2v) is 3.50. The van der Waals surface area contributed by atoms with E-state index in [1.54, 1.807) is 12.3 Å². The third-order valence-corrected chi connectivity index (χ3v) is 2.31. The van der Waals surface area contributed by atoms with Crippen LogP contribution in [-0.4, -0.2) is 24.2 Å². The van der Waals surface area contributed by atoms with E-state index in [2.05, 4.69) is 10.3 Å². The minimum Gasteiger partial charge on any atom is -0.487 e. The molecule has 1 saturated heterocycles. The van der Waals surface area contributed by atoms with E-state index in [0.717, 1.165) is 25.3 Å². The van der Waals surface area contributed by atoms with Gasteiger partial charge < -0.3 is 15.8 Å². The van der Waals surface area contributed by atoms with Crippen molar-refractivity contribution in [2.45, 2.75) is 18.9 Å². The lowest BCUT2D eigenvalue weighted by atomic mass is 10.1. The van der Waals surface area contributed by atoms with Crippen LogP contribution in [0, 0.1) is 0 Å². The number of rotatable bonds is 2. The molecule has 2 rings (SSSR count). The molecule has 0 aliphatic carbocycles. The standard InChI is InChI=1S/C10H15N3O/c11-10-4-3-9(7-13-10)14-8-2-1-5-12-6-8/h3-4,7-8,12H,1-2,5-6H2,(H2,11,13)/t8-/m1/s1. The fourth-order valence-corrected chi connectivity index (χ4v) is 1.57. The van der Waals surface area contributed by atoms with Crippen LogP contribution >= 0.6 is 0 Å². The van der Waals surface area contributed by atoms with Crippen molar-refractivity contribution in [3.8, 4) is 5.75 Å². The molecular formula is C10H15N3O. The third-order valence-electron chi connectivity index (χ3n) is 2.31. The molecule has 1 aliphatic rings. The maximum Gasteiger partial charge on any atom is 0.138 e. The van der Waals surface area contributed by atoms with E-state index in [-0.39, 0.29) is 6.10 Å². The number of nitrogens with one attached hydrogen (secondary N) is 1. The third kappa shape index (κ3) is 2.35. The average molecular weight is 193 g/mol. The molecule has 0 spiro atoms. The van der Waals surface area contributed by atoms with Crippen molar-refractivity contribution >= 4 is 5.82 Å². The number of nitrogens with zero attached hydrogens (tertiary/aromatic N) is 1. The summed E-state index contributed by atoms with van der Waals surface area (Å²) in [6, 6.07) is 3.61. The van der Waals surface area contributed by atoms with Gasteiger partial charge in [0.15, 0.2) is 0 Å². The maximum absolute atomic E-state index is 5.73. The molecule has 1 aromatic rings. The first kappa shape index (κ1) is 9.27. The summed E-state index contributed by atoms with van der Waals surface area (Å²) in [5.41, 5.74) is 5.48. The lowest BCUT2D eigenvalue weighted by Crippen LogP contribution is -2.37. The zero-order chi connectivity index (χ0) is 9.80. The van der Waals surface area contributed by atoms with Gasteiger partial charge in [-0.25, -0.2) is 4.98 Å². The second kappa shape index (κ2) is 4.28. The first-order valence-corrected chi connectivity index (χ1v) is 4.93. The number of aromatic nitrogens is 1. The molecule has 0 saturated carbocycles. The Balaban J connectivity index is 1.92. The lowest BCUT2D eigenvalue weighted by Gasteiger charge is -2.23. The summed E-state index contributed by atoms with van der Waals surface area (Å²) in [7, 11) is 0. The van der Waals surface area contributed by atoms with Gasteiger partial charge in [0.25, 0.3) is 0 Å². The zero-order valence-corrected chi connectivity index (χ0v) is 8.07. The highest BCUT2D eigenvalue weighted by molar-refractivity contribution is 5.32. The molecule has 0 amide bonds. The number of piperidine rings is 1. The number of hydrogen-bond acceptors (Lipinski definition) is 4. The van der Waals surface area contributed by atoms with Crippen LogP contribution in [0.1, 0.15) is 12.8 Å². The lowest BCUT2D eigenvalue weighted by molar-refractivity contribution is 0.166. The van der Waals surface area contributed by atoms with E-state index < -0.39 is 0 Å². The minimum atomic E-state index is 0.272. The van der Waals surface area contributed by atoms with Crippen LogP contribution in [0.4, 0.5) is 5.82 Å². The first-order valence-electron chi connectivity index (χ1n) is 4.93. The molecular weight excluding hydrogens is 178 g/mol. The fraction of sp³-hybridized carbons (Fsp3) is 0.500. The van der Waals surface area contributed by atoms with Crippen LogP contribution < -0.4 is 15.8 Å². The molecule has 0 radical (unpaired) electrons. The summed E-state index contributed by atoms with van der Waals surface area (Å²) in [6.45, 7) is 2.02. The summed E-state index contributed by atoms with van der Waals surface area (Å²) in [5.74, 6) is 1.33. The molecule has 1 fully saturated rings. The predicted molar refractivity (Wildman–Crippen MR) is 55.2 cm³/mol. The highest BCUT2D eigenvalue weighted by atomic mass is 16.5. The van der Waals surface area contributed by atoms with Gasteiger partial charge in [-0.1, -0.05) is 0 Å².